The van der Waals surface area contributed by atoms with E-state index in [0.717, 1.165) is 16.8 Å². The molecule has 0 N–H and O–H groups in total. The van der Waals surface area contributed by atoms with Crippen molar-refractivity contribution in [3.8, 4) is 34.0 Å². The zero-order chi connectivity index (χ0) is 30.2. The van der Waals surface area contributed by atoms with Crippen molar-refractivity contribution in [2.24, 2.45) is 7.05 Å². The fourth-order valence-electron chi connectivity index (χ4n) is 5.10. The van der Waals surface area contributed by atoms with Crippen molar-refractivity contribution < 1.29 is 23.8 Å². The van der Waals surface area contributed by atoms with Gasteiger partial charge in [-0.15, -0.1) is 0 Å². The average Bonchev–Trinajstić information content (AvgIpc) is 3.34. The van der Waals surface area contributed by atoms with Crippen molar-refractivity contribution in [3.63, 3.8) is 0 Å². The minimum atomic E-state index is -0.608. The monoisotopic (exact) mass is 572 g/mol. The van der Waals surface area contributed by atoms with E-state index in [4.69, 9.17) is 14.2 Å². The predicted molar refractivity (Wildman–Crippen MR) is 158 cm³/mol. The number of carbonyl (C=O) groups is 2. The number of hydrogen-bond acceptors (Lipinski definition) is 8. The summed E-state index contributed by atoms with van der Waals surface area (Å²) in [6.07, 6.45) is 2.47. The molecule has 220 valence electrons. The topological polar surface area (TPSA) is 112 Å². The van der Waals surface area contributed by atoms with E-state index < -0.39 is 17.8 Å². The highest BCUT2D eigenvalue weighted by Gasteiger charge is 2.37. The first-order valence-electron chi connectivity index (χ1n) is 13.9. The number of nitrogens with zero attached hydrogens (tertiary/aromatic N) is 6. The molecule has 42 heavy (non-hydrogen) atoms. The summed E-state index contributed by atoms with van der Waals surface area (Å²) in [5.74, 6) is 0.605. The largest absolute Gasteiger partial charge is 0.493 e. The Hall–Kier alpha value is -4.67. The molecule has 1 aliphatic rings. The molecule has 11 nitrogen and oxygen atoms in total. The summed E-state index contributed by atoms with van der Waals surface area (Å²) in [4.78, 5) is 38.6. The lowest BCUT2D eigenvalue weighted by atomic mass is 10.0. The van der Waals surface area contributed by atoms with Crippen LogP contribution in [0.3, 0.4) is 0 Å². The summed E-state index contributed by atoms with van der Waals surface area (Å²) in [5, 5.41) is 5.37. The van der Waals surface area contributed by atoms with E-state index in [2.05, 4.69) is 15.1 Å². The van der Waals surface area contributed by atoms with Crippen molar-refractivity contribution in [1.82, 2.24) is 29.5 Å². The Morgan fingerprint density at radius 1 is 0.905 bits per heavy atom. The highest BCUT2D eigenvalue weighted by Crippen LogP contribution is 2.38. The van der Waals surface area contributed by atoms with Crippen LogP contribution in [0, 0.1) is 0 Å². The van der Waals surface area contributed by atoms with E-state index in [-0.39, 0.29) is 17.8 Å². The van der Waals surface area contributed by atoms with Crippen LogP contribution in [0.2, 0.25) is 0 Å². The second kappa shape index (κ2) is 11.3. The second-order valence-electron chi connectivity index (χ2n) is 11.5. The third kappa shape index (κ3) is 5.86. The van der Waals surface area contributed by atoms with Crippen LogP contribution in [0.25, 0.3) is 33.4 Å². The van der Waals surface area contributed by atoms with Gasteiger partial charge in [0.25, 0.3) is 0 Å². The quantitative estimate of drug-likeness (QED) is 0.314. The van der Waals surface area contributed by atoms with Crippen LogP contribution in [-0.4, -0.2) is 79.6 Å². The lowest BCUT2D eigenvalue weighted by molar-refractivity contribution is -0.00667. The molecular formula is C31H36N6O5. The van der Waals surface area contributed by atoms with Gasteiger partial charge in [0.05, 0.1) is 30.4 Å². The number of fused-ring (bicyclic) bond motifs is 1. The normalized spacial score (nSPS) is 17.3. The molecule has 2 aromatic carbocycles. The first-order chi connectivity index (χ1) is 19.9. The molecule has 1 fully saturated rings. The van der Waals surface area contributed by atoms with Gasteiger partial charge in [0, 0.05) is 48.9 Å². The summed E-state index contributed by atoms with van der Waals surface area (Å²) in [6.45, 7) is 9.86. The minimum absolute atomic E-state index is 0.241. The number of hydrogen-bond donors (Lipinski definition) is 0. The highest BCUT2D eigenvalue weighted by atomic mass is 16.6. The second-order valence-corrected chi connectivity index (χ2v) is 11.5. The third-order valence-corrected chi connectivity index (χ3v) is 7.10. The molecule has 0 unspecified atom stereocenters. The molecule has 5 rings (SSSR count). The molecule has 0 saturated carbocycles. The minimum Gasteiger partial charge on any atom is -0.493 e. The van der Waals surface area contributed by atoms with Crippen LogP contribution in [0.15, 0.2) is 55.0 Å². The summed E-state index contributed by atoms with van der Waals surface area (Å²) in [5.41, 5.74) is 3.22. The molecule has 1 saturated heterocycles. The van der Waals surface area contributed by atoms with Gasteiger partial charge in [0.2, 0.25) is 0 Å². The lowest BCUT2D eigenvalue weighted by Crippen LogP contribution is -2.60. The first-order valence-corrected chi connectivity index (χ1v) is 13.9. The molecule has 0 aliphatic carbocycles. The van der Waals surface area contributed by atoms with Gasteiger partial charge < -0.3 is 24.0 Å². The molecule has 4 aromatic rings. The van der Waals surface area contributed by atoms with Crippen LogP contribution >= 0.6 is 0 Å². The van der Waals surface area contributed by atoms with Crippen LogP contribution < -0.4 is 9.47 Å². The summed E-state index contributed by atoms with van der Waals surface area (Å²) >= 11 is 0. The molecule has 0 bridgehead atoms. The van der Waals surface area contributed by atoms with Crippen LogP contribution in [0.5, 0.6) is 11.5 Å². The molecule has 2 aromatic heterocycles. The molecule has 0 spiro atoms. The van der Waals surface area contributed by atoms with Gasteiger partial charge in [-0.1, -0.05) is 30.3 Å². The predicted octanol–water partition coefficient (Wildman–Crippen LogP) is 5.53. The Labute approximate surface area is 245 Å². The molecule has 2 atom stereocenters. The zero-order valence-electron chi connectivity index (χ0n) is 25.0. The van der Waals surface area contributed by atoms with Crippen molar-refractivity contribution in [2.45, 2.75) is 52.3 Å². The number of aryl methyl sites for hydroxylation is 1. The SMILES string of the molecule is COc1cc2ncnc(-c3cn(C)nc3-c3ccccc3)c2cc1OC(=O)N1C[C@H](C)N(C(=O)OC(C)(C)C)C[C@@H]1C. The van der Waals surface area contributed by atoms with E-state index in [9.17, 15) is 9.59 Å². The van der Waals surface area contributed by atoms with Crippen LogP contribution in [-0.2, 0) is 11.8 Å². The number of methoxy groups -OCH3 is 1. The van der Waals surface area contributed by atoms with Crippen molar-refractivity contribution >= 4 is 23.1 Å². The third-order valence-electron chi connectivity index (χ3n) is 7.10. The van der Waals surface area contributed by atoms with Crippen LogP contribution in [0.4, 0.5) is 9.59 Å². The number of piperazine rings is 1. The van der Waals surface area contributed by atoms with Crippen molar-refractivity contribution in [1.29, 1.82) is 0 Å². The highest BCUT2D eigenvalue weighted by molar-refractivity contribution is 5.97. The molecule has 2 amide bonds. The van der Waals surface area contributed by atoms with E-state index in [1.165, 1.54) is 13.4 Å². The smallest absolute Gasteiger partial charge is 0.415 e. The van der Waals surface area contributed by atoms with Crippen molar-refractivity contribution in [3.05, 3.63) is 55.0 Å². The van der Waals surface area contributed by atoms with Gasteiger partial charge in [-0.3, -0.25) is 4.68 Å². The van der Waals surface area contributed by atoms with E-state index in [0.29, 0.717) is 35.4 Å². The number of amides is 2. The van der Waals surface area contributed by atoms with Gasteiger partial charge in [-0.25, -0.2) is 19.6 Å². The zero-order valence-corrected chi connectivity index (χ0v) is 25.0. The van der Waals surface area contributed by atoms with Crippen LogP contribution in [0.1, 0.15) is 34.6 Å². The van der Waals surface area contributed by atoms with E-state index in [1.54, 1.807) is 26.6 Å². The van der Waals surface area contributed by atoms with Gasteiger partial charge >= 0.3 is 12.2 Å². The number of aromatic nitrogens is 4. The van der Waals surface area contributed by atoms with Gasteiger partial charge in [-0.2, -0.15) is 5.10 Å². The van der Waals surface area contributed by atoms with Gasteiger partial charge in [0.15, 0.2) is 11.5 Å². The fourth-order valence-corrected chi connectivity index (χ4v) is 5.10. The molecular weight excluding hydrogens is 536 g/mol. The summed E-state index contributed by atoms with van der Waals surface area (Å²) in [7, 11) is 3.37. The summed E-state index contributed by atoms with van der Waals surface area (Å²) < 4.78 is 18.8. The van der Waals surface area contributed by atoms with E-state index >= 15 is 0 Å². The maximum atomic E-state index is 13.5. The Morgan fingerprint density at radius 3 is 2.21 bits per heavy atom. The summed E-state index contributed by atoms with van der Waals surface area (Å²) in [6, 6.07) is 12.8. The Balaban J connectivity index is 1.45. The Kier molecular flexibility index (Phi) is 7.77. The van der Waals surface area contributed by atoms with Gasteiger partial charge in [0.1, 0.15) is 17.6 Å². The van der Waals surface area contributed by atoms with Crippen molar-refractivity contribution in [2.75, 3.05) is 20.2 Å². The number of rotatable bonds is 4. The Morgan fingerprint density at radius 2 is 1.57 bits per heavy atom. The Bertz CT molecular complexity index is 1610. The van der Waals surface area contributed by atoms with E-state index in [1.807, 2.05) is 78.2 Å². The van der Waals surface area contributed by atoms with Gasteiger partial charge in [-0.05, 0) is 40.7 Å². The number of ether oxygens (including phenoxy) is 3. The molecule has 3 heterocycles. The molecule has 1 aliphatic heterocycles. The number of benzene rings is 2. The molecule has 0 radical (unpaired) electrons. The maximum Gasteiger partial charge on any atom is 0.415 e. The number of carbonyl (C=O) groups excluding carboxylic acids is 2. The average molecular weight is 573 g/mol. The maximum absolute atomic E-state index is 13.5. The standard InChI is InChI=1S/C31H36N6O5/c1-19-16-37(30(39)42-31(3,4)5)20(2)15-36(19)29(38)41-26-13-22-24(14-25(26)40-7)32-18-33-28(22)23-17-35(6)34-27(23)21-11-9-8-10-12-21/h8-14,17-20H,15-16H2,1-7H3/t19-,20-/m0/s1. The lowest BCUT2D eigenvalue weighted by Gasteiger charge is -2.43. The molecule has 11 heteroatoms. The fraction of sp³-hybridized carbons (Fsp3) is 0.387. The first kappa shape index (κ1) is 28.8.